The quantitative estimate of drug-likeness (QED) is 0.566. The van der Waals surface area contributed by atoms with E-state index in [-0.39, 0.29) is 5.91 Å². The van der Waals surface area contributed by atoms with Gasteiger partial charge in [0.15, 0.2) is 0 Å². The van der Waals surface area contributed by atoms with Gasteiger partial charge in [0.1, 0.15) is 12.0 Å². The van der Waals surface area contributed by atoms with Gasteiger partial charge in [0.05, 0.1) is 16.8 Å². The Kier molecular flexibility index (Phi) is 2.71. The standard InChI is InChI=1S/C17H9N5OS/c23-17-12-2-1-11(3-10(12)4-19-17)22-6-14(15-7-24-9-21-15)13-5-18-8-20-16(13)22/h1-9H. The van der Waals surface area contributed by atoms with E-state index in [0.29, 0.717) is 5.56 Å². The summed E-state index contributed by atoms with van der Waals surface area (Å²) < 4.78 is 1.99. The zero-order valence-corrected chi connectivity index (χ0v) is 13.1. The molecule has 0 unspecified atom stereocenters. The molecule has 1 aliphatic heterocycles. The number of carbonyl (C=O) groups is 1. The van der Waals surface area contributed by atoms with Crippen LogP contribution in [0.5, 0.6) is 0 Å². The van der Waals surface area contributed by atoms with Crippen molar-refractivity contribution in [3.05, 3.63) is 58.9 Å². The van der Waals surface area contributed by atoms with Gasteiger partial charge in [-0.25, -0.2) is 19.9 Å². The number of nitrogens with zero attached hydrogens (tertiary/aromatic N) is 5. The molecule has 1 aliphatic rings. The first kappa shape index (κ1) is 13.3. The van der Waals surface area contributed by atoms with Crippen LogP contribution in [0.1, 0.15) is 15.9 Å². The minimum absolute atomic E-state index is 0.195. The maximum Gasteiger partial charge on any atom is 0.277 e. The highest BCUT2D eigenvalue weighted by Crippen LogP contribution is 2.31. The molecule has 4 aromatic rings. The van der Waals surface area contributed by atoms with Gasteiger partial charge in [-0.15, -0.1) is 11.3 Å². The van der Waals surface area contributed by atoms with Gasteiger partial charge in [-0.3, -0.25) is 4.79 Å². The van der Waals surface area contributed by atoms with E-state index in [2.05, 4.69) is 19.9 Å². The number of aliphatic imine (C=N–C) groups is 1. The summed E-state index contributed by atoms with van der Waals surface area (Å²) in [5.74, 6) is -0.195. The maximum atomic E-state index is 11.7. The summed E-state index contributed by atoms with van der Waals surface area (Å²) in [5, 5.41) is 2.94. The molecule has 0 radical (unpaired) electrons. The van der Waals surface area contributed by atoms with Gasteiger partial charge in [-0.1, -0.05) is 0 Å². The number of aromatic nitrogens is 4. The Morgan fingerprint density at radius 3 is 2.96 bits per heavy atom. The van der Waals surface area contributed by atoms with Crippen LogP contribution in [0.2, 0.25) is 0 Å². The number of rotatable bonds is 2. The van der Waals surface area contributed by atoms with Gasteiger partial charge >= 0.3 is 0 Å². The van der Waals surface area contributed by atoms with E-state index in [0.717, 1.165) is 33.5 Å². The van der Waals surface area contributed by atoms with Crippen molar-refractivity contribution in [2.45, 2.75) is 0 Å². The highest BCUT2D eigenvalue weighted by atomic mass is 32.1. The van der Waals surface area contributed by atoms with Crippen molar-refractivity contribution >= 4 is 34.5 Å². The molecular formula is C17H9N5OS. The van der Waals surface area contributed by atoms with Gasteiger partial charge in [0.2, 0.25) is 0 Å². The summed E-state index contributed by atoms with van der Waals surface area (Å²) in [5.41, 5.74) is 6.86. The summed E-state index contributed by atoms with van der Waals surface area (Å²) in [7, 11) is 0. The highest BCUT2D eigenvalue weighted by molar-refractivity contribution is 7.07. The second-order valence-corrected chi connectivity index (χ2v) is 6.10. The molecule has 6 nitrogen and oxygen atoms in total. The summed E-state index contributed by atoms with van der Waals surface area (Å²) in [6.07, 6.45) is 6.93. The van der Waals surface area contributed by atoms with Gasteiger partial charge < -0.3 is 4.57 Å². The Labute approximate surface area is 140 Å². The Hall–Kier alpha value is -3.19. The van der Waals surface area contributed by atoms with Crippen molar-refractivity contribution in [3.63, 3.8) is 0 Å². The number of carbonyl (C=O) groups excluding carboxylic acids is 1. The van der Waals surface area contributed by atoms with Crippen LogP contribution in [0, 0.1) is 0 Å². The van der Waals surface area contributed by atoms with Gasteiger partial charge in [0.25, 0.3) is 5.91 Å². The van der Waals surface area contributed by atoms with E-state index < -0.39 is 0 Å². The van der Waals surface area contributed by atoms with Crippen molar-refractivity contribution in [3.8, 4) is 16.9 Å². The molecule has 0 spiro atoms. The lowest BCUT2D eigenvalue weighted by Crippen LogP contribution is -1.97. The third kappa shape index (κ3) is 1.85. The number of hydrogen-bond donors (Lipinski definition) is 0. The summed E-state index contributed by atoms with van der Waals surface area (Å²) >= 11 is 1.55. The van der Waals surface area contributed by atoms with E-state index in [1.165, 1.54) is 6.33 Å². The number of amides is 1. The van der Waals surface area contributed by atoms with E-state index in [1.807, 2.05) is 28.3 Å². The summed E-state index contributed by atoms with van der Waals surface area (Å²) in [6, 6.07) is 5.64. The Morgan fingerprint density at radius 1 is 1.12 bits per heavy atom. The van der Waals surface area contributed by atoms with Gasteiger partial charge in [0, 0.05) is 46.2 Å². The van der Waals surface area contributed by atoms with Gasteiger partial charge in [-0.05, 0) is 18.2 Å². The van der Waals surface area contributed by atoms with Crippen molar-refractivity contribution < 1.29 is 4.79 Å². The van der Waals surface area contributed by atoms with Crippen LogP contribution in [0.4, 0.5) is 0 Å². The molecule has 1 amide bonds. The summed E-state index contributed by atoms with van der Waals surface area (Å²) in [6.45, 7) is 0. The van der Waals surface area contributed by atoms with Crippen molar-refractivity contribution in [1.29, 1.82) is 0 Å². The van der Waals surface area contributed by atoms with Gasteiger partial charge in [-0.2, -0.15) is 0 Å². The fraction of sp³-hybridized carbons (Fsp3) is 0. The third-order valence-electron chi connectivity index (χ3n) is 4.04. The first-order valence-corrected chi connectivity index (χ1v) is 8.18. The van der Waals surface area contributed by atoms with Crippen LogP contribution in [0.3, 0.4) is 0 Å². The number of fused-ring (bicyclic) bond motifs is 2. The minimum Gasteiger partial charge on any atom is -0.301 e. The maximum absolute atomic E-state index is 11.7. The topological polar surface area (TPSA) is 73.0 Å². The fourth-order valence-corrected chi connectivity index (χ4v) is 3.46. The highest BCUT2D eigenvalue weighted by Gasteiger charge is 2.18. The van der Waals surface area contributed by atoms with Crippen molar-refractivity contribution in [1.82, 2.24) is 19.5 Å². The molecule has 3 aromatic heterocycles. The van der Waals surface area contributed by atoms with E-state index in [9.17, 15) is 4.79 Å². The number of thiazole rings is 1. The van der Waals surface area contributed by atoms with Crippen LogP contribution in [-0.2, 0) is 0 Å². The van der Waals surface area contributed by atoms with Crippen LogP contribution < -0.4 is 0 Å². The Morgan fingerprint density at radius 2 is 2.08 bits per heavy atom. The Bertz CT molecular complexity index is 1130. The zero-order valence-electron chi connectivity index (χ0n) is 12.2. The SMILES string of the molecule is O=C1N=Cc2cc(-n3cc(-c4cscn4)c4cncnc43)ccc21. The molecule has 5 rings (SSSR count). The summed E-state index contributed by atoms with van der Waals surface area (Å²) in [4.78, 5) is 28.5. The van der Waals surface area contributed by atoms with Crippen LogP contribution in [0.25, 0.3) is 28.0 Å². The minimum atomic E-state index is -0.195. The average molecular weight is 331 g/mol. The lowest BCUT2D eigenvalue weighted by atomic mass is 10.1. The second-order valence-electron chi connectivity index (χ2n) is 5.38. The fourth-order valence-electron chi connectivity index (χ4n) is 2.91. The molecule has 24 heavy (non-hydrogen) atoms. The van der Waals surface area contributed by atoms with Crippen molar-refractivity contribution in [2.75, 3.05) is 0 Å². The molecule has 0 fully saturated rings. The smallest absolute Gasteiger partial charge is 0.277 e. The van der Waals surface area contributed by atoms with E-state index in [4.69, 9.17) is 0 Å². The van der Waals surface area contributed by atoms with E-state index in [1.54, 1.807) is 35.3 Å². The molecule has 114 valence electrons. The molecule has 1 aromatic carbocycles. The molecule has 0 aliphatic carbocycles. The zero-order chi connectivity index (χ0) is 16.1. The van der Waals surface area contributed by atoms with Crippen molar-refractivity contribution in [2.24, 2.45) is 4.99 Å². The molecule has 4 heterocycles. The predicted molar refractivity (Wildman–Crippen MR) is 91.9 cm³/mol. The molecule has 0 bridgehead atoms. The predicted octanol–water partition coefficient (Wildman–Crippen LogP) is 3.12. The lowest BCUT2D eigenvalue weighted by molar-refractivity contribution is 0.101. The average Bonchev–Trinajstić information content (AvgIpc) is 3.33. The van der Waals surface area contributed by atoms with Crippen LogP contribution in [0.15, 0.2) is 52.8 Å². The third-order valence-corrected chi connectivity index (χ3v) is 4.63. The largest absolute Gasteiger partial charge is 0.301 e. The molecule has 0 saturated carbocycles. The molecule has 0 N–H and O–H groups in total. The monoisotopic (exact) mass is 331 g/mol. The van der Waals surface area contributed by atoms with E-state index >= 15 is 0 Å². The molecular weight excluding hydrogens is 322 g/mol. The van der Waals surface area contributed by atoms with Crippen LogP contribution in [-0.4, -0.2) is 31.6 Å². The lowest BCUT2D eigenvalue weighted by Gasteiger charge is -2.06. The normalized spacial score (nSPS) is 12.9. The second kappa shape index (κ2) is 4.90. The molecule has 0 saturated heterocycles. The number of hydrogen-bond acceptors (Lipinski definition) is 5. The molecule has 0 atom stereocenters. The Balaban J connectivity index is 1.76. The van der Waals surface area contributed by atoms with Crippen LogP contribution >= 0.6 is 11.3 Å². The molecule has 7 heteroatoms. The first-order valence-electron chi connectivity index (χ1n) is 7.24. The first-order chi connectivity index (χ1) is 11.8. The number of benzene rings is 1.